The summed E-state index contributed by atoms with van der Waals surface area (Å²) >= 11 is 1.40. The minimum atomic E-state index is 1.38. The Labute approximate surface area is 51.4 Å². The molecule has 0 unspecified atom stereocenters. The fourth-order valence-electron chi connectivity index (χ4n) is 0.354. The average molecular weight is 80.1 g/mol. The van der Waals surface area contributed by atoms with E-state index in [1.165, 1.54) is 44.4 Å². The fourth-order valence-corrected chi connectivity index (χ4v) is 1.06. The molecule has 0 aromatic carbocycles. The van der Waals surface area contributed by atoms with Crippen LogP contribution in [-0.4, -0.2) is 27.9 Å². The summed E-state index contributed by atoms with van der Waals surface area (Å²) in [6.45, 7) is 2.23. The van der Waals surface area contributed by atoms with Gasteiger partial charge in [0, 0.05) is 0 Å². The van der Waals surface area contributed by atoms with Crippen LogP contribution < -0.4 is 0 Å². The molecule has 0 N–H and O–H groups in total. The van der Waals surface area contributed by atoms with E-state index < -0.39 is 0 Å². The summed E-state index contributed by atoms with van der Waals surface area (Å²) in [7, 11) is 0. The fraction of sp³-hybridized carbons (Fsp3) is 1.00. The SMILES string of the molecule is CCC[CH2][Na]. The molecule has 0 spiro atoms. The van der Waals surface area contributed by atoms with Gasteiger partial charge in [-0.05, 0) is 0 Å². The molecule has 5 heavy (non-hydrogen) atoms. The molecule has 0 aromatic heterocycles. The van der Waals surface area contributed by atoms with E-state index in [4.69, 9.17) is 0 Å². The standard InChI is InChI=1S/C4H9.Na/c1-3-4-2;/h1,3-4H2,2H3;. The van der Waals surface area contributed by atoms with Crippen molar-refractivity contribution >= 4 is 27.9 Å². The number of hydrogen-bond acceptors (Lipinski definition) is 0. The molecule has 0 bridgehead atoms. The second-order valence-electron chi connectivity index (χ2n) is 1.35. The van der Waals surface area contributed by atoms with E-state index in [1.807, 2.05) is 0 Å². The molecule has 0 aliphatic carbocycles. The first-order chi connectivity index (χ1) is 2.41. The van der Waals surface area contributed by atoms with Crippen LogP contribution >= 0.6 is 0 Å². The van der Waals surface area contributed by atoms with Crippen LogP contribution in [0, 0.1) is 0 Å². The molecule has 0 nitrogen and oxygen atoms in total. The zero-order valence-corrected chi connectivity index (χ0v) is 6.12. The van der Waals surface area contributed by atoms with Crippen molar-refractivity contribution < 1.29 is 0 Å². The minimum absolute atomic E-state index is 1.38. The summed E-state index contributed by atoms with van der Waals surface area (Å²) in [5, 5.41) is 0. The number of unbranched alkanes of at least 4 members (excludes halogenated alkanes) is 1. The third-order valence-corrected chi connectivity index (χ3v) is 1.41. The molecule has 0 aliphatic rings. The van der Waals surface area contributed by atoms with E-state index >= 15 is 0 Å². The Morgan fingerprint density at radius 3 is 2.20 bits per heavy atom. The molecule has 0 saturated heterocycles. The van der Waals surface area contributed by atoms with Gasteiger partial charge in [-0.2, -0.15) is 0 Å². The van der Waals surface area contributed by atoms with Crippen LogP contribution in [0.3, 0.4) is 0 Å². The van der Waals surface area contributed by atoms with Gasteiger partial charge >= 0.3 is 51.4 Å². The number of rotatable bonds is 2. The van der Waals surface area contributed by atoms with Crippen LogP contribution in [0.25, 0.3) is 0 Å². The van der Waals surface area contributed by atoms with Crippen molar-refractivity contribution in [2.24, 2.45) is 0 Å². The van der Waals surface area contributed by atoms with E-state index in [-0.39, 0.29) is 0 Å². The maximum absolute atomic E-state index is 2.23. The van der Waals surface area contributed by atoms with Gasteiger partial charge in [0.15, 0.2) is 0 Å². The Balaban J connectivity index is 2.19. The molecule has 0 radical (unpaired) electrons. The van der Waals surface area contributed by atoms with E-state index in [9.17, 15) is 0 Å². The molecular formula is C4H9Na. The topological polar surface area (TPSA) is 0 Å². The Morgan fingerprint density at radius 1 is 1.60 bits per heavy atom. The second-order valence-corrected chi connectivity index (χ2v) is 2.35. The monoisotopic (exact) mass is 80.1 g/mol. The molecule has 0 amide bonds. The Hall–Kier alpha value is 1.00. The van der Waals surface area contributed by atoms with Gasteiger partial charge in [-0.15, -0.1) is 0 Å². The summed E-state index contributed by atoms with van der Waals surface area (Å²) in [5.74, 6) is 0. The molecule has 26 valence electrons. The van der Waals surface area contributed by atoms with Crippen molar-refractivity contribution in [2.75, 3.05) is 0 Å². The van der Waals surface area contributed by atoms with Crippen molar-refractivity contribution in [3.05, 3.63) is 0 Å². The average Bonchev–Trinajstić information content (AvgIpc) is 1.41. The molecule has 0 heterocycles. The van der Waals surface area contributed by atoms with Crippen LogP contribution in [0.5, 0.6) is 0 Å². The van der Waals surface area contributed by atoms with E-state index in [1.54, 1.807) is 0 Å². The van der Waals surface area contributed by atoms with Gasteiger partial charge in [-0.3, -0.25) is 0 Å². The van der Waals surface area contributed by atoms with Crippen LogP contribution in [0.1, 0.15) is 19.8 Å². The summed E-state index contributed by atoms with van der Waals surface area (Å²) in [6, 6.07) is 0. The van der Waals surface area contributed by atoms with Crippen molar-refractivity contribution in [1.29, 1.82) is 0 Å². The van der Waals surface area contributed by atoms with E-state index in [0.29, 0.717) is 0 Å². The summed E-state index contributed by atoms with van der Waals surface area (Å²) < 4.78 is 1.48. The predicted octanol–water partition coefficient (Wildman–Crippen LogP) is 1.37. The van der Waals surface area contributed by atoms with Crippen molar-refractivity contribution in [3.8, 4) is 0 Å². The van der Waals surface area contributed by atoms with Gasteiger partial charge in [0.25, 0.3) is 0 Å². The first-order valence-corrected chi connectivity index (χ1v) is 3.83. The summed E-state index contributed by atoms with van der Waals surface area (Å²) in [4.78, 5) is 0. The van der Waals surface area contributed by atoms with Crippen molar-refractivity contribution in [1.82, 2.24) is 0 Å². The van der Waals surface area contributed by atoms with Crippen molar-refractivity contribution in [3.63, 3.8) is 0 Å². The van der Waals surface area contributed by atoms with Gasteiger partial charge in [0.2, 0.25) is 0 Å². The predicted molar refractivity (Wildman–Crippen MR) is 25.5 cm³/mol. The van der Waals surface area contributed by atoms with Crippen molar-refractivity contribution in [2.45, 2.75) is 23.4 Å². The molecule has 0 aliphatic heterocycles. The Bertz CT molecular complexity index is 11.1. The molecule has 0 saturated carbocycles. The number of hydrogen-bond donors (Lipinski definition) is 0. The van der Waals surface area contributed by atoms with Gasteiger partial charge in [-0.25, -0.2) is 0 Å². The quantitative estimate of drug-likeness (QED) is 0.439. The van der Waals surface area contributed by atoms with Gasteiger partial charge in [0.1, 0.15) is 0 Å². The normalized spacial score (nSPS) is 8.60. The molecule has 0 atom stereocenters. The molecule has 0 rings (SSSR count). The van der Waals surface area contributed by atoms with Gasteiger partial charge < -0.3 is 0 Å². The van der Waals surface area contributed by atoms with E-state index in [2.05, 4.69) is 6.92 Å². The van der Waals surface area contributed by atoms with Crippen LogP contribution in [0.15, 0.2) is 0 Å². The second kappa shape index (κ2) is 5.00. The molecular weight excluding hydrogens is 71.0 g/mol. The Kier molecular flexibility index (Phi) is 6.00. The first-order valence-electron chi connectivity index (χ1n) is 2.41. The summed E-state index contributed by atoms with van der Waals surface area (Å²) in [5.41, 5.74) is 0. The molecule has 0 aromatic rings. The van der Waals surface area contributed by atoms with Gasteiger partial charge in [0.05, 0.1) is 0 Å². The molecule has 0 fully saturated rings. The zero-order valence-electron chi connectivity index (χ0n) is 4.12. The Morgan fingerprint density at radius 2 is 2.20 bits per heavy atom. The first kappa shape index (κ1) is 6.00. The van der Waals surface area contributed by atoms with Gasteiger partial charge in [-0.1, -0.05) is 0 Å². The van der Waals surface area contributed by atoms with Crippen LogP contribution in [0.2, 0.25) is 3.67 Å². The third-order valence-electron chi connectivity index (χ3n) is 0.707. The van der Waals surface area contributed by atoms with Crippen LogP contribution in [-0.2, 0) is 0 Å². The van der Waals surface area contributed by atoms with Crippen LogP contribution in [0.4, 0.5) is 0 Å². The maximum atomic E-state index is 2.23. The third kappa shape index (κ3) is 5.00. The molecule has 1 heteroatoms. The summed E-state index contributed by atoms with van der Waals surface area (Å²) in [6.07, 6.45) is 2.83. The zero-order chi connectivity index (χ0) is 4.12. The van der Waals surface area contributed by atoms with E-state index in [0.717, 1.165) is 0 Å².